The minimum Gasteiger partial charge on any atom is -0.478 e. The van der Waals surface area contributed by atoms with Crippen molar-refractivity contribution in [3.8, 4) is 11.3 Å². The van der Waals surface area contributed by atoms with E-state index in [-0.39, 0.29) is 0 Å². The molecule has 3 nitrogen and oxygen atoms in total. The second-order valence-electron chi connectivity index (χ2n) is 4.24. The fraction of sp³-hybridized carbons (Fsp3) is 0.133. The maximum absolute atomic E-state index is 10.6. The summed E-state index contributed by atoms with van der Waals surface area (Å²) in [5.74, 6) is 0.222. The van der Waals surface area contributed by atoms with Crippen molar-refractivity contribution >= 4 is 23.1 Å². The topological polar surface area (TPSA) is 50.4 Å². The van der Waals surface area contributed by atoms with E-state index < -0.39 is 5.97 Å². The van der Waals surface area contributed by atoms with Crippen molar-refractivity contribution in [2.24, 2.45) is 0 Å². The first-order chi connectivity index (χ1) is 8.99. The molecule has 4 heteroatoms. The maximum atomic E-state index is 10.6. The molecular formula is C15H13ClO3. The van der Waals surface area contributed by atoms with Crippen LogP contribution in [0.15, 0.2) is 40.8 Å². The van der Waals surface area contributed by atoms with E-state index in [1.54, 1.807) is 13.0 Å². The zero-order valence-corrected chi connectivity index (χ0v) is 11.4. The molecule has 1 aromatic carbocycles. The lowest BCUT2D eigenvalue weighted by molar-refractivity contribution is -0.131. The standard InChI is InChI=1S/C15H13ClO3/c1-9(8-15(17)18)13-6-7-14(19-13)11-4-3-5-12(16)10(11)2/h3-8H,1-2H3,(H,17,18)/b9-8+. The van der Waals surface area contributed by atoms with Crippen LogP contribution < -0.4 is 0 Å². The van der Waals surface area contributed by atoms with Crippen LogP contribution in [-0.4, -0.2) is 11.1 Å². The van der Waals surface area contributed by atoms with Gasteiger partial charge in [-0.15, -0.1) is 0 Å². The van der Waals surface area contributed by atoms with Crippen LogP contribution in [0.5, 0.6) is 0 Å². The van der Waals surface area contributed by atoms with Gasteiger partial charge in [-0.3, -0.25) is 0 Å². The molecule has 98 valence electrons. The Bertz CT molecular complexity index is 653. The smallest absolute Gasteiger partial charge is 0.328 e. The van der Waals surface area contributed by atoms with Gasteiger partial charge in [-0.25, -0.2) is 4.79 Å². The number of benzene rings is 1. The zero-order chi connectivity index (χ0) is 14.0. The Morgan fingerprint density at radius 3 is 2.74 bits per heavy atom. The SMILES string of the molecule is C/C(=C\C(=O)O)c1ccc(-c2cccc(Cl)c2C)o1. The van der Waals surface area contributed by atoms with Gasteiger partial charge in [-0.1, -0.05) is 23.7 Å². The quantitative estimate of drug-likeness (QED) is 0.846. The summed E-state index contributed by atoms with van der Waals surface area (Å²) >= 11 is 6.07. The Kier molecular flexibility index (Phi) is 3.76. The van der Waals surface area contributed by atoms with Crippen LogP contribution in [0.4, 0.5) is 0 Å². The van der Waals surface area contributed by atoms with Gasteiger partial charge in [0.15, 0.2) is 0 Å². The highest BCUT2D eigenvalue weighted by Crippen LogP contribution is 2.31. The van der Waals surface area contributed by atoms with E-state index in [0.717, 1.165) is 17.2 Å². The summed E-state index contributed by atoms with van der Waals surface area (Å²) in [4.78, 5) is 10.6. The third-order valence-electron chi connectivity index (χ3n) is 2.87. The van der Waals surface area contributed by atoms with E-state index >= 15 is 0 Å². The highest BCUT2D eigenvalue weighted by molar-refractivity contribution is 6.31. The van der Waals surface area contributed by atoms with Crippen LogP contribution in [0.1, 0.15) is 18.2 Å². The number of hydrogen-bond donors (Lipinski definition) is 1. The summed E-state index contributed by atoms with van der Waals surface area (Å²) in [5.41, 5.74) is 2.41. The van der Waals surface area contributed by atoms with E-state index in [4.69, 9.17) is 21.1 Å². The molecule has 0 aliphatic rings. The fourth-order valence-corrected chi connectivity index (χ4v) is 2.00. The second kappa shape index (κ2) is 5.33. The largest absolute Gasteiger partial charge is 0.478 e. The number of carboxylic acid groups (broad SMARTS) is 1. The zero-order valence-electron chi connectivity index (χ0n) is 10.6. The van der Waals surface area contributed by atoms with Gasteiger partial charge in [0.2, 0.25) is 0 Å². The summed E-state index contributed by atoms with van der Waals surface area (Å²) in [7, 11) is 0. The Labute approximate surface area is 116 Å². The molecule has 1 N–H and O–H groups in total. The first-order valence-electron chi connectivity index (χ1n) is 5.76. The van der Waals surface area contributed by atoms with Crippen molar-refractivity contribution in [2.75, 3.05) is 0 Å². The Hall–Kier alpha value is -2.00. The van der Waals surface area contributed by atoms with E-state index in [1.807, 2.05) is 31.2 Å². The Morgan fingerprint density at radius 2 is 2.05 bits per heavy atom. The predicted octanol–water partition coefficient (Wildman–Crippen LogP) is 4.40. The van der Waals surface area contributed by atoms with Gasteiger partial charge in [-0.2, -0.15) is 0 Å². The number of aliphatic carboxylic acids is 1. The first-order valence-corrected chi connectivity index (χ1v) is 6.13. The number of hydrogen-bond acceptors (Lipinski definition) is 2. The van der Waals surface area contributed by atoms with Crippen LogP contribution in [0.2, 0.25) is 5.02 Å². The highest BCUT2D eigenvalue weighted by Gasteiger charge is 2.10. The molecule has 2 rings (SSSR count). The van der Waals surface area contributed by atoms with Gasteiger partial charge in [0.1, 0.15) is 11.5 Å². The molecule has 0 spiro atoms. The normalized spacial score (nSPS) is 11.6. The average Bonchev–Trinajstić information content (AvgIpc) is 2.81. The summed E-state index contributed by atoms with van der Waals surface area (Å²) in [5, 5.41) is 9.39. The van der Waals surface area contributed by atoms with Gasteiger partial charge < -0.3 is 9.52 Å². The number of rotatable bonds is 3. The number of furan rings is 1. The van der Waals surface area contributed by atoms with Gasteiger partial charge in [-0.05, 0) is 43.2 Å². The predicted molar refractivity (Wildman–Crippen MR) is 75.2 cm³/mol. The Morgan fingerprint density at radius 1 is 1.32 bits per heavy atom. The fourth-order valence-electron chi connectivity index (χ4n) is 1.83. The minimum atomic E-state index is -0.991. The lowest BCUT2D eigenvalue weighted by Gasteiger charge is -2.04. The summed E-state index contributed by atoms with van der Waals surface area (Å²) in [6.45, 7) is 3.61. The van der Waals surface area contributed by atoms with Crippen LogP contribution in [-0.2, 0) is 4.79 Å². The molecule has 0 aliphatic carbocycles. The van der Waals surface area contributed by atoms with Crippen molar-refractivity contribution in [1.29, 1.82) is 0 Å². The number of carboxylic acids is 1. The number of halogens is 1. The van der Waals surface area contributed by atoms with Crippen LogP contribution in [0.25, 0.3) is 16.9 Å². The highest BCUT2D eigenvalue weighted by atomic mass is 35.5. The van der Waals surface area contributed by atoms with Crippen LogP contribution in [0.3, 0.4) is 0 Å². The maximum Gasteiger partial charge on any atom is 0.328 e. The first kappa shape index (κ1) is 13.4. The summed E-state index contributed by atoms with van der Waals surface area (Å²) in [6.07, 6.45) is 1.12. The molecular weight excluding hydrogens is 264 g/mol. The monoisotopic (exact) mass is 276 g/mol. The van der Waals surface area contributed by atoms with E-state index in [0.29, 0.717) is 22.1 Å². The third-order valence-corrected chi connectivity index (χ3v) is 3.28. The molecule has 0 unspecified atom stereocenters. The van der Waals surface area contributed by atoms with Crippen molar-refractivity contribution in [1.82, 2.24) is 0 Å². The molecule has 0 atom stereocenters. The lowest BCUT2D eigenvalue weighted by atomic mass is 10.1. The van der Waals surface area contributed by atoms with Crippen molar-refractivity contribution in [2.45, 2.75) is 13.8 Å². The number of carbonyl (C=O) groups is 1. The average molecular weight is 277 g/mol. The molecule has 0 saturated heterocycles. The van der Waals surface area contributed by atoms with Gasteiger partial charge >= 0.3 is 5.97 Å². The van der Waals surface area contributed by atoms with Crippen LogP contribution in [0, 0.1) is 6.92 Å². The van der Waals surface area contributed by atoms with E-state index in [9.17, 15) is 4.79 Å². The van der Waals surface area contributed by atoms with Crippen molar-refractivity contribution < 1.29 is 14.3 Å². The molecule has 2 aromatic rings. The van der Waals surface area contributed by atoms with Gasteiger partial charge in [0.25, 0.3) is 0 Å². The molecule has 1 heterocycles. The van der Waals surface area contributed by atoms with Crippen molar-refractivity contribution in [3.63, 3.8) is 0 Å². The molecule has 0 amide bonds. The second-order valence-corrected chi connectivity index (χ2v) is 4.65. The molecule has 0 radical (unpaired) electrons. The molecule has 0 fully saturated rings. The van der Waals surface area contributed by atoms with E-state index in [2.05, 4.69) is 0 Å². The Balaban J connectivity index is 2.41. The molecule has 0 aliphatic heterocycles. The number of allylic oxidation sites excluding steroid dienone is 1. The minimum absolute atomic E-state index is 0.539. The third kappa shape index (κ3) is 2.88. The van der Waals surface area contributed by atoms with Gasteiger partial charge in [0, 0.05) is 16.7 Å². The molecule has 19 heavy (non-hydrogen) atoms. The van der Waals surface area contributed by atoms with Crippen molar-refractivity contribution in [3.05, 3.63) is 52.8 Å². The molecule has 0 saturated carbocycles. The molecule has 1 aromatic heterocycles. The lowest BCUT2D eigenvalue weighted by Crippen LogP contribution is -1.88. The van der Waals surface area contributed by atoms with Crippen LogP contribution >= 0.6 is 11.6 Å². The summed E-state index contributed by atoms with van der Waals surface area (Å²) < 4.78 is 5.68. The molecule has 0 bridgehead atoms. The summed E-state index contributed by atoms with van der Waals surface area (Å²) in [6, 6.07) is 9.16. The van der Waals surface area contributed by atoms with Gasteiger partial charge in [0.05, 0.1) is 0 Å². The van der Waals surface area contributed by atoms with E-state index in [1.165, 1.54) is 0 Å².